The summed E-state index contributed by atoms with van der Waals surface area (Å²) in [7, 11) is 3.25. The summed E-state index contributed by atoms with van der Waals surface area (Å²) in [6, 6.07) is 0. The van der Waals surface area contributed by atoms with Crippen LogP contribution in [0.2, 0.25) is 0 Å². The van der Waals surface area contributed by atoms with E-state index in [4.69, 9.17) is 18.9 Å². The molecule has 2 bridgehead atoms. The smallest absolute Gasteiger partial charge is 0.430 e. The number of allylic oxidation sites excluding steroid dienone is 1. The Bertz CT molecular complexity index is 540. The third-order valence-corrected chi connectivity index (χ3v) is 6.12. The van der Waals surface area contributed by atoms with Gasteiger partial charge in [0, 0.05) is 25.1 Å². The van der Waals surface area contributed by atoms with Crippen molar-refractivity contribution in [3.63, 3.8) is 0 Å². The molecular formula is C20H31IO5. The number of carbonyl (C=O) groups excluding carboxylic acids is 1. The van der Waals surface area contributed by atoms with Crippen LogP contribution in [0, 0.1) is 11.8 Å². The number of hydrogen-bond donors (Lipinski definition) is 0. The first kappa shape index (κ1) is 21.7. The molecule has 0 spiro atoms. The van der Waals surface area contributed by atoms with Gasteiger partial charge in [-0.05, 0) is 37.2 Å². The number of alkyl halides is 1. The van der Waals surface area contributed by atoms with Crippen LogP contribution in [0.4, 0.5) is 4.79 Å². The quantitative estimate of drug-likeness (QED) is 0.145. The molecule has 1 aliphatic heterocycles. The van der Waals surface area contributed by atoms with Crippen LogP contribution in [0.1, 0.15) is 46.0 Å². The van der Waals surface area contributed by atoms with Gasteiger partial charge in [-0.1, -0.05) is 54.7 Å². The molecule has 1 aliphatic carbocycles. The van der Waals surface area contributed by atoms with Crippen LogP contribution in [0.15, 0.2) is 23.8 Å². The lowest BCUT2D eigenvalue weighted by atomic mass is 9.78. The van der Waals surface area contributed by atoms with Gasteiger partial charge in [0.05, 0.1) is 5.92 Å². The average molecular weight is 478 g/mol. The summed E-state index contributed by atoms with van der Waals surface area (Å²) >= 11 is 2.40. The van der Waals surface area contributed by atoms with Gasteiger partial charge in [0.2, 0.25) is 0 Å². The number of hydrogen-bond acceptors (Lipinski definition) is 5. The van der Waals surface area contributed by atoms with Crippen molar-refractivity contribution >= 4 is 28.7 Å². The summed E-state index contributed by atoms with van der Waals surface area (Å²) in [6.07, 6.45) is 5.26. The van der Waals surface area contributed by atoms with E-state index in [1.807, 2.05) is 0 Å². The van der Waals surface area contributed by atoms with Crippen molar-refractivity contribution in [2.75, 3.05) is 18.6 Å². The lowest BCUT2D eigenvalue weighted by Crippen LogP contribution is -2.48. The van der Waals surface area contributed by atoms with E-state index < -0.39 is 11.8 Å². The first-order valence-electron chi connectivity index (χ1n) is 9.28. The Balaban J connectivity index is 2.26. The van der Waals surface area contributed by atoms with E-state index >= 15 is 0 Å². The molecule has 0 N–H and O–H groups in total. The van der Waals surface area contributed by atoms with Crippen LogP contribution in [0.25, 0.3) is 0 Å². The van der Waals surface area contributed by atoms with Crippen LogP contribution < -0.4 is 0 Å². The van der Waals surface area contributed by atoms with Crippen LogP contribution in [-0.4, -0.2) is 42.8 Å². The zero-order valence-corrected chi connectivity index (χ0v) is 18.4. The molecule has 2 aliphatic rings. The van der Waals surface area contributed by atoms with E-state index in [9.17, 15) is 4.79 Å². The summed E-state index contributed by atoms with van der Waals surface area (Å²) in [5.41, 5.74) is 1.65. The molecule has 2 fully saturated rings. The molecule has 0 aromatic heterocycles. The van der Waals surface area contributed by atoms with Crippen molar-refractivity contribution in [3.05, 3.63) is 23.8 Å². The van der Waals surface area contributed by atoms with Crippen molar-refractivity contribution < 1.29 is 23.7 Å². The third kappa shape index (κ3) is 4.62. The normalized spacial score (nSPS) is 28.4. The van der Waals surface area contributed by atoms with E-state index in [0.29, 0.717) is 18.8 Å². The molecule has 0 aromatic carbocycles. The molecule has 1 saturated carbocycles. The maximum absolute atomic E-state index is 12.0. The fourth-order valence-corrected chi connectivity index (χ4v) is 4.64. The van der Waals surface area contributed by atoms with E-state index in [-0.39, 0.29) is 18.3 Å². The molecule has 0 unspecified atom stereocenters. The molecule has 1 saturated heterocycles. The van der Waals surface area contributed by atoms with Crippen molar-refractivity contribution in [2.24, 2.45) is 11.8 Å². The van der Waals surface area contributed by atoms with Crippen LogP contribution in [-0.2, 0) is 18.9 Å². The molecule has 3 atom stereocenters. The molecule has 26 heavy (non-hydrogen) atoms. The summed E-state index contributed by atoms with van der Waals surface area (Å²) < 4.78 is 22.9. The minimum Gasteiger partial charge on any atom is -0.430 e. The first-order valence-corrected chi connectivity index (χ1v) is 10.8. The van der Waals surface area contributed by atoms with Gasteiger partial charge in [-0.2, -0.15) is 0 Å². The fraction of sp³-hybridized carbons (Fsp3) is 0.750. The highest BCUT2D eigenvalue weighted by molar-refractivity contribution is 14.1. The van der Waals surface area contributed by atoms with Gasteiger partial charge < -0.3 is 18.9 Å². The second-order valence-corrected chi connectivity index (χ2v) is 8.42. The largest absolute Gasteiger partial charge is 0.509 e. The molecule has 2 rings (SSSR count). The predicted octanol–water partition coefficient (Wildman–Crippen LogP) is 5.03. The summed E-state index contributed by atoms with van der Waals surface area (Å²) in [5, 5.41) is 0. The van der Waals surface area contributed by atoms with Gasteiger partial charge in [0.15, 0.2) is 6.29 Å². The molecule has 0 amide bonds. The maximum atomic E-state index is 12.0. The molecule has 1 heterocycles. The van der Waals surface area contributed by atoms with E-state index in [0.717, 1.165) is 29.3 Å². The minimum absolute atomic E-state index is 0.0246. The molecule has 5 nitrogen and oxygen atoms in total. The molecule has 148 valence electrons. The van der Waals surface area contributed by atoms with Gasteiger partial charge in [0.25, 0.3) is 0 Å². The molecule has 0 aromatic rings. The molecular weight excluding hydrogens is 447 g/mol. The number of fused-ring (bicyclic) bond motifs is 2. The zero-order chi connectivity index (χ0) is 19.3. The van der Waals surface area contributed by atoms with Crippen LogP contribution >= 0.6 is 22.6 Å². The van der Waals surface area contributed by atoms with Gasteiger partial charge in [0.1, 0.15) is 11.7 Å². The van der Waals surface area contributed by atoms with Gasteiger partial charge in [-0.15, -0.1) is 0 Å². The number of methoxy groups -OCH3 is 2. The Kier molecular flexibility index (Phi) is 7.97. The molecule has 0 radical (unpaired) electrons. The van der Waals surface area contributed by atoms with Gasteiger partial charge in [-0.3, -0.25) is 0 Å². The first-order chi connectivity index (χ1) is 12.4. The van der Waals surface area contributed by atoms with Gasteiger partial charge >= 0.3 is 6.16 Å². The number of halogens is 1. The van der Waals surface area contributed by atoms with E-state index in [2.05, 4.69) is 49.1 Å². The summed E-state index contributed by atoms with van der Waals surface area (Å²) in [4.78, 5) is 12.0. The second-order valence-electron chi connectivity index (χ2n) is 7.34. The Labute approximate surface area is 170 Å². The maximum Gasteiger partial charge on any atom is 0.509 e. The Morgan fingerprint density at radius 1 is 1.38 bits per heavy atom. The second kappa shape index (κ2) is 9.55. The third-order valence-electron chi connectivity index (χ3n) is 5.58. The Hall–Kier alpha value is -0.600. The highest BCUT2D eigenvalue weighted by Crippen LogP contribution is 2.51. The van der Waals surface area contributed by atoms with Crippen molar-refractivity contribution in [1.29, 1.82) is 0 Å². The standard InChI is InChI=1S/C20H31IO5/c1-13(2)15(9-11-21)12-16-17-8-10-20(16,26-19(22)25-17)14(3)6-7-18(23-4)24-5/h12-13,16-18H,3,6-11H2,1-2,4-5H3/b15-12+/t16-,17-,20-/m0/s1. The number of ether oxygens (including phenoxy) is 4. The van der Waals surface area contributed by atoms with Crippen molar-refractivity contribution in [2.45, 2.75) is 63.9 Å². The average Bonchev–Trinajstić information content (AvgIpc) is 2.82. The lowest BCUT2D eigenvalue weighted by Gasteiger charge is -2.40. The lowest BCUT2D eigenvalue weighted by molar-refractivity contribution is -0.110. The topological polar surface area (TPSA) is 54.0 Å². The molecule has 6 heteroatoms. The Morgan fingerprint density at radius 3 is 2.65 bits per heavy atom. The zero-order valence-electron chi connectivity index (χ0n) is 16.3. The van der Waals surface area contributed by atoms with Crippen molar-refractivity contribution in [3.8, 4) is 0 Å². The predicted molar refractivity (Wildman–Crippen MR) is 109 cm³/mol. The monoisotopic (exact) mass is 478 g/mol. The highest BCUT2D eigenvalue weighted by atomic mass is 127. The van der Waals surface area contributed by atoms with Crippen LogP contribution in [0.5, 0.6) is 0 Å². The minimum atomic E-state index is -0.669. The van der Waals surface area contributed by atoms with Crippen molar-refractivity contribution in [1.82, 2.24) is 0 Å². The number of rotatable bonds is 10. The fourth-order valence-electron chi connectivity index (χ4n) is 4.02. The Morgan fingerprint density at radius 2 is 2.08 bits per heavy atom. The summed E-state index contributed by atoms with van der Waals surface area (Å²) in [6.45, 7) is 8.71. The van der Waals surface area contributed by atoms with E-state index in [1.165, 1.54) is 5.57 Å². The number of carbonyl (C=O) groups is 1. The van der Waals surface area contributed by atoms with Crippen LogP contribution in [0.3, 0.4) is 0 Å². The van der Waals surface area contributed by atoms with Gasteiger partial charge in [-0.25, -0.2) is 4.79 Å². The van der Waals surface area contributed by atoms with E-state index in [1.54, 1.807) is 14.2 Å². The SMILES string of the molecule is C=C(CCC(OC)OC)[C@]12CC[C@H](OC(=O)O1)[C@@H]2/C=C(\CCI)C(C)C. The highest BCUT2D eigenvalue weighted by Gasteiger charge is 2.57. The summed E-state index contributed by atoms with van der Waals surface area (Å²) in [5.74, 6) is 0.482.